The molecule has 86 heavy (non-hydrogen) atoms. The van der Waals surface area contributed by atoms with Gasteiger partial charge in [-0.05, 0) is 79.9 Å². The molecule has 6 aromatic carbocycles. The van der Waals surface area contributed by atoms with E-state index >= 15 is 0 Å². The van der Waals surface area contributed by atoms with Gasteiger partial charge in [-0.15, -0.1) is 0 Å². The number of aliphatic carboxylic acids is 1. The Bertz CT molecular complexity index is 3200. The number of carboxylic acids is 1. The van der Waals surface area contributed by atoms with Crippen LogP contribution < -0.4 is 30.7 Å². The topological polar surface area (TPSA) is 290 Å². The number of nitrogens with one attached hydrogen (secondary N) is 4. The number of alkyl carbamates (subject to hydrolysis) is 2. The first-order valence-corrected chi connectivity index (χ1v) is 26.8. The van der Waals surface area contributed by atoms with E-state index in [1.807, 2.05) is 97.1 Å². The fourth-order valence-corrected chi connectivity index (χ4v) is 8.81. The quantitative estimate of drug-likeness (QED) is 0.0180. The van der Waals surface area contributed by atoms with Crippen LogP contribution in [0.2, 0.25) is 0 Å². The number of carbonyl (C=O) groups is 8. The molecule has 6 aromatic rings. The van der Waals surface area contributed by atoms with Crippen LogP contribution in [0.1, 0.15) is 65.5 Å². The maximum Gasteiger partial charge on any atom is 0.407 e. The van der Waals surface area contributed by atoms with Gasteiger partial charge in [0.15, 0.2) is 13.2 Å². The van der Waals surface area contributed by atoms with Crippen molar-refractivity contribution in [3.8, 4) is 33.8 Å². The highest BCUT2D eigenvalue weighted by atomic mass is 16.6. The first-order chi connectivity index (χ1) is 41.2. The minimum atomic E-state index is -1.34. The number of likely N-dealkylation sites (N-methyl/N-ethyl adjacent to an activating group) is 2. The highest BCUT2D eigenvalue weighted by molar-refractivity contribution is 5.87. The van der Waals surface area contributed by atoms with Crippen LogP contribution >= 0.6 is 0 Å². The van der Waals surface area contributed by atoms with Crippen molar-refractivity contribution in [3.63, 3.8) is 0 Å². The van der Waals surface area contributed by atoms with E-state index in [-0.39, 0.29) is 83.9 Å². The van der Waals surface area contributed by atoms with Crippen molar-refractivity contribution in [2.24, 2.45) is 0 Å². The fraction of sp³-hybridized carbons (Fsp3) is 0.262. The average molecular weight is 1180 g/mol. The van der Waals surface area contributed by atoms with Gasteiger partial charge in [0.1, 0.15) is 56.6 Å². The second kappa shape index (κ2) is 34.4. The van der Waals surface area contributed by atoms with Crippen molar-refractivity contribution in [2.75, 3.05) is 53.7 Å². The Labute approximate surface area is 498 Å². The zero-order valence-electron chi connectivity index (χ0n) is 46.8. The van der Waals surface area contributed by atoms with Crippen molar-refractivity contribution in [1.82, 2.24) is 21.3 Å². The molecular weight excluding hydrogens is 1110 g/mol. The maximum atomic E-state index is 12.8. The lowest BCUT2D eigenvalue weighted by atomic mass is 9.98. The second-order valence-corrected chi connectivity index (χ2v) is 18.7. The van der Waals surface area contributed by atoms with E-state index in [9.17, 15) is 38.4 Å². The van der Waals surface area contributed by atoms with Crippen LogP contribution in [0, 0.1) is 0 Å². The molecule has 0 saturated carbocycles. The van der Waals surface area contributed by atoms with Gasteiger partial charge in [0.2, 0.25) is 0 Å². The van der Waals surface area contributed by atoms with E-state index in [1.54, 1.807) is 55.6 Å². The number of hydrogen-bond acceptors (Lipinski definition) is 16. The van der Waals surface area contributed by atoms with Gasteiger partial charge in [0.25, 0.3) is 11.8 Å². The lowest BCUT2D eigenvalue weighted by Gasteiger charge is -2.18. The van der Waals surface area contributed by atoms with E-state index < -0.39 is 61.0 Å². The van der Waals surface area contributed by atoms with Gasteiger partial charge in [-0.1, -0.05) is 154 Å². The molecule has 4 amide bonds. The number of benzene rings is 6. The second-order valence-electron chi connectivity index (χ2n) is 18.7. The summed E-state index contributed by atoms with van der Waals surface area (Å²) in [6.45, 7) is 6.68. The third-order valence-corrected chi connectivity index (χ3v) is 13.0. The SMILES string of the molecule is C.C=CCOC(=O)C(CC(=O)O)NC(=O)OCC1c2ccccc2-c2ccccc21.C=CCOC(=O)C(CC(=O)OCc1ccc(OCC(=O)NC)cc1)NC(=O)OCC1c2ccccc2-c2ccccc21.CNC(=O)COc1ccc(CO)cc1. The molecule has 21 heteroatoms. The number of aliphatic hydroxyl groups is 1. The summed E-state index contributed by atoms with van der Waals surface area (Å²) in [6, 6.07) is 42.5. The van der Waals surface area contributed by atoms with Gasteiger partial charge >= 0.3 is 36.1 Å². The minimum absolute atomic E-state index is 0. The van der Waals surface area contributed by atoms with Gasteiger partial charge in [-0.2, -0.15) is 0 Å². The third-order valence-electron chi connectivity index (χ3n) is 13.0. The Balaban J connectivity index is 0.000000264. The molecule has 0 spiro atoms. The summed E-state index contributed by atoms with van der Waals surface area (Å²) in [4.78, 5) is 95.3. The number of rotatable bonds is 25. The molecule has 452 valence electrons. The van der Waals surface area contributed by atoms with Gasteiger partial charge in [-0.25, -0.2) is 19.2 Å². The molecule has 2 aliphatic carbocycles. The van der Waals surface area contributed by atoms with Crippen LogP contribution in [0.5, 0.6) is 11.5 Å². The molecule has 0 aromatic heterocycles. The number of amides is 4. The molecule has 0 radical (unpaired) electrons. The zero-order valence-corrected chi connectivity index (χ0v) is 46.8. The van der Waals surface area contributed by atoms with Crippen LogP contribution in [0.15, 0.2) is 171 Å². The highest BCUT2D eigenvalue weighted by Gasteiger charge is 2.33. The van der Waals surface area contributed by atoms with Crippen molar-refractivity contribution in [2.45, 2.75) is 57.4 Å². The predicted molar refractivity (Wildman–Crippen MR) is 318 cm³/mol. The average Bonchev–Trinajstić information content (AvgIpc) is 2.00. The lowest BCUT2D eigenvalue weighted by molar-refractivity contribution is -0.152. The summed E-state index contributed by atoms with van der Waals surface area (Å²) >= 11 is 0. The Morgan fingerprint density at radius 3 is 1.21 bits per heavy atom. The standard InChI is InChI=1S/C32H32N2O8.C22H21NO6.C10H13NO3.CH4/c1-3-16-39-31(37)28(17-30(36)41-18-21-12-14-22(15-13-21)40-20-29(35)33-2)34-32(38)42-19-27-25-10-6-4-8-23(25)24-9-5-7-11-26(24)27;1-2-11-28-21(26)19(12-20(24)25)23-22(27)29-13-18-16-9-5-3-7-14(16)15-8-4-6-10-17(15)18;1-11-10(13)7-14-9-4-2-8(6-12)3-5-9;/h3-15,27-28H,1,16-20H2,2H3,(H,33,35)(H,34,38);2-10,18-19H,1,11-13H2,(H,23,27)(H,24,25);2-5,12H,6-7H2,1H3,(H,11,13);1H4. The Morgan fingerprint density at radius 1 is 0.500 bits per heavy atom. The van der Waals surface area contributed by atoms with Crippen molar-refractivity contribution < 1.29 is 81.7 Å². The van der Waals surface area contributed by atoms with Crippen molar-refractivity contribution in [1.29, 1.82) is 0 Å². The molecule has 0 heterocycles. The Kier molecular flexibility index (Phi) is 26.6. The first-order valence-electron chi connectivity index (χ1n) is 26.8. The van der Waals surface area contributed by atoms with E-state index in [2.05, 4.69) is 34.4 Å². The minimum Gasteiger partial charge on any atom is -0.484 e. The van der Waals surface area contributed by atoms with Crippen LogP contribution in [-0.4, -0.2) is 124 Å². The van der Waals surface area contributed by atoms with Gasteiger partial charge in [0.05, 0.1) is 19.4 Å². The Hall–Kier alpha value is -10.3. The van der Waals surface area contributed by atoms with E-state index in [0.29, 0.717) is 17.1 Å². The number of esters is 3. The molecule has 2 atom stereocenters. The van der Waals surface area contributed by atoms with Crippen LogP contribution in [0.3, 0.4) is 0 Å². The zero-order chi connectivity index (χ0) is 61.1. The number of ether oxygens (including phenoxy) is 7. The van der Waals surface area contributed by atoms with Crippen molar-refractivity contribution >= 4 is 47.9 Å². The third kappa shape index (κ3) is 19.7. The number of aliphatic hydroxyl groups excluding tert-OH is 1. The van der Waals surface area contributed by atoms with Crippen LogP contribution in [0.25, 0.3) is 22.3 Å². The molecule has 2 aliphatic rings. The fourth-order valence-electron chi connectivity index (χ4n) is 8.81. The predicted octanol–water partition coefficient (Wildman–Crippen LogP) is 7.92. The van der Waals surface area contributed by atoms with Crippen LogP contribution in [0.4, 0.5) is 9.59 Å². The largest absolute Gasteiger partial charge is 0.484 e. The monoisotopic (exact) mass is 1180 g/mol. The number of carboxylic acid groups (broad SMARTS) is 1. The Morgan fingerprint density at radius 2 is 0.860 bits per heavy atom. The molecule has 0 aliphatic heterocycles. The first kappa shape index (κ1) is 66.5. The molecule has 0 bridgehead atoms. The molecular formula is C65H70N4O17. The molecule has 21 nitrogen and oxygen atoms in total. The summed E-state index contributed by atoms with van der Waals surface area (Å²) < 4.78 is 36.6. The summed E-state index contributed by atoms with van der Waals surface area (Å²) in [6.07, 6.45) is -0.0921. The molecule has 6 N–H and O–H groups in total. The molecule has 0 fully saturated rings. The molecule has 0 saturated heterocycles. The number of hydrogen-bond donors (Lipinski definition) is 6. The smallest absolute Gasteiger partial charge is 0.407 e. The molecule has 2 unspecified atom stereocenters. The number of carbonyl (C=O) groups excluding carboxylic acids is 7. The molecule has 8 rings (SSSR count). The van der Waals surface area contributed by atoms with E-state index in [4.69, 9.17) is 43.4 Å². The van der Waals surface area contributed by atoms with E-state index in [0.717, 1.165) is 50.1 Å². The van der Waals surface area contributed by atoms with Gasteiger partial charge < -0.3 is 64.6 Å². The maximum absolute atomic E-state index is 12.8. The van der Waals surface area contributed by atoms with Gasteiger partial charge in [-0.3, -0.25) is 19.2 Å². The summed E-state index contributed by atoms with van der Waals surface area (Å²) in [7, 11) is 3.07. The van der Waals surface area contributed by atoms with Crippen LogP contribution in [-0.2, 0) is 65.7 Å². The van der Waals surface area contributed by atoms with E-state index in [1.165, 1.54) is 19.2 Å². The highest BCUT2D eigenvalue weighted by Crippen LogP contribution is 2.45. The number of fused-ring (bicyclic) bond motifs is 6. The summed E-state index contributed by atoms with van der Waals surface area (Å²) in [5.41, 5.74) is 10.0. The normalized spacial score (nSPS) is 11.9. The van der Waals surface area contributed by atoms with Gasteiger partial charge in [0, 0.05) is 25.9 Å². The van der Waals surface area contributed by atoms with Crippen molar-refractivity contribution in [3.05, 3.63) is 204 Å². The summed E-state index contributed by atoms with van der Waals surface area (Å²) in [5, 5.41) is 27.4. The lowest BCUT2D eigenvalue weighted by Crippen LogP contribution is -2.44. The summed E-state index contributed by atoms with van der Waals surface area (Å²) in [5.74, 6) is -3.30.